The lowest BCUT2D eigenvalue weighted by Gasteiger charge is -2.10. The Bertz CT molecular complexity index is 618. The number of pyridine rings is 2. The third-order valence-corrected chi connectivity index (χ3v) is 3.27. The van der Waals surface area contributed by atoms with Gasteiger partial charge in [-0.2, -0.15) is 0 Å². The van der Waals surface area contributed by atoms with Crippen molar-refractivity contribution in [2.75, 3.05) is 5.32 Å². The summed E-state index contributed by atoms with van der Waals surface area (Å²) in [5, 5.41) is 14.0. The van der Waals surface area contributed by atoms with Gasteiger partial charge in [0.15, 0.2) is 0 Å². The van der Waals surface area contributed by atoms with Gasteiger partial charge in [0.1, 0.15) is 11.9 Å². The number of anilines is 1. The van der Waals surface area contributed by atoms with Crippen LogP contribution < -0.4 is 5.32 Å². The predicted molar refractivity (Wildman–Crippen MR) is 74.9 cm³/mol. The van der Waals surface area contributed by atoms with Crippen LogP contribution >= 0.6 is 15.9 Å². The summed E-state index contributed by atoms with van der Waals surface area (Å²) in [7, 11) is 0. The molecule has 98 valence electrons. The normalized spacial score (nSPS) is 10.2. The van der Waals surface area contributed by atoms with Crippen LogP contribution in [0.3, 0.4) is 0 Å². The number of hydrogen-bond acceptors (Lipinski definition) is 5. The van der Waals surface area contributed by atoms with Crippen molar-refractivity contribution in [3.63, 3.8) is 0 Å². The number of hydrogen-bond donors (Lipinski definition) is 1. The van der Waals surface area contributed by atoms with Crippen molar-refractivity contribution < 1.29 is 4.92 Å². The Morgan fingerprint density at radius 2 is 2.16 bits per heavy atom. The molecule has 0 aromatic carbocycles. The third kappa shape index (κ3) is 3.05. The minimum absolute atomic E-state index is 0.0546. The van der Waals surface area contributed by atoms with Crippen LogP contribution in [0.2, 0.25) is 0 Å². The molecule has 1 N–H and O–H groups in total. The number of aromatic nitrogens is 2. The van der Waals surface area contributed by atoms with E-state index < -0.39 is 4.92 Å². The Labute approximate surface area is 118 Å². The van der Waals surface area contributed by atoms with E-state index in [0.717, 1.165) is 11.1 Å². The molecule has 2 heterocycles. The molecule has 7 heteroatoms. The average Bonchev–Trinajstić information content (AvgIpc) is 2.38. The van der Waals surface area contributed by atoms with Crippen LogP contribution in [-0.2, 0) is 6.54 Å². The highest BCUT2D eigenvalue weighted by atomic mass is 79.9. The Morgan fingerprint density at radius 3 is 2.84 bits per heavy atom. The number of nitrogens with one attached hydrogen (secondary N) is 1. The number of nitro groups is 1. The molecule has 0 saturated carbocycles. The van der Waals surface area contributed by atoms with E-state index in [-0.39, 0.29) is 5.69 Å². The summed E-state index contributed by atoms with van der Waals surface area (Å²) < 4.78 is 0.563. The van der Waals surface area contributed by atoms with Gasteiger partial charge in [-0.15, -0.1) is 0 Å². The summed E-state index contributed by atoms with van der Waals surface area (Å²) in [6.45, 7) is 2.43. The van der Waals surface area contributed by atoms with Gasteiger partial charge < -0.3 is 5.32 Å². The maximum absolute atomic E-state index is 10.9. The average molecular weight is 323 g/mol. The Kier molecular flexibility index (Phi) is 4.06. The molecule has 0 atom stereocenters. The first kappa shape index (κ1) is 13.4. The molecule has 0 aliphatic heterocycles. The second-order valence-corrected chi connectivity index (χ2v) is 4.78. The van der Waals surface area contributed by atoms with Crippen LogP contribution in [0.4, 0.5) is 11.4 Å². The quantitative estimate of drug-likeness (QED) is 0.691. The number of aryl methyl sites for hydroxylation is 1. The van der Waals surface area contributed by atoms with E-state index in [2.05, 4.69) is 31.2 Å². The lowest BCUT2D eigenvalue weighted by molar-refractivity contribution is -0.384. The molecule has 0 amide bonds. The zero-order valence-corrected chi connectivity index (χ0v) is 11.7. The van der Waals surface area contributed by atoms with Crippen molar-refractivity contribution in [3.05, 3.63) is 56.6 Å². The SMILES string of the molecule is Cc1cnccc1CNc1c(Br)cncc1[N+](=O)[O-]. The largest absolute Gasteiger partial charge is 0.374 e. The van der Waals surface area contributed by atoms with E-state index in [4.69, 9.17) is 0 Å². The van der Waals surface area contributed by atoms with Crippen LogP contribution in [0.5, 0.6) is 0 Å². The third-order valence-electron chi connectivity index (χ3n) is 2.67. The zero-order chi connectivity index (χ0) is 13.8. The molecular weight excluding hydrogens is 312 g/mol. The van der Waals surface area contributed by atoms with Crippen molar-refractivity contribution >= 4 is 27.3 Å². The molecule has 2 aromatic rings. The summed E-state index contributed by atoms with van der Waals surface area (Å²) in [6.07, 6.45) is 6.20. The van der Waals surface area contributed by atoms with Crippen molar-refractivity contribution in [1.29, 1.82) is 0 Å². The highest BCUT2D eigenvalue weighted by molar-refractivity contribution is 9.10. The van der Waals surface area contributed by atoms with Crippen LogP contribution in [0.1, 0.15) is 11.1 Å². The molecule has 2 rings (SSSR count). The zero-order valence-electron chi connectivity index (χ0n) is 10.1. The molecule has 0 radical (unpaired) electrons. The van der Waals surface area contributed by atoms with Crippen molar-refractivity contribution in [1.82, 2.24) is 9.97 Å². The molecule has 19 heavy (non-hydrogen) atoms. The maximum atomic E-state index is 10.9. The number of nitrogens with zero attached hydrogens (tertiary/aromatic N) is 3. The second-order valence-electron chi connectivity index (χ2n) is 3.93. The van der Waals surface area contributed by atoms with E-state index in [9.17, 15) is 10.1 Å². The van der Waals surface area contributed by atoms with Crippen LogP contribution in [0, 0.1) is 17.0 Å². The molecule has 0 aliphatic carbocycles. The molecule has 0 saturated heterocycles. The van der Waals surface area contributed by atoms with Gasteiger partial charge in [0, 0.05) is 25.1 Å². The summed E-state index contributed by atoms with van der Waals surface area (Å²) in [4.78, 5) is 18.3. The Hall–Kier alpha value is -2.02. The standard InChI is InChI=1S/C12H11BrN4O2/c1-8-4-14-3-2-9(8)5-16-12-10(13)6-15-7-11(12)17(18)19/h2-4,6-7H,5H2,1H3,(H,15,16). The minimum Gasteiger partial charge on any atom is -0.374 e. The molecule has 6 nitrogen and oxygen atoms in total. The van der Waals surface area contributed by atoms with E-state index in [1.807, 2.05) is 13.0 Å². The number of halogens is 1. The highest BCUT2D eigenvalue weighted by Gasteiger charge is 2.17. The van der Waals surface area contributed by atoms with E-state index in [0.29, 0.717) is 16.7 Å². The second kappa shape index (κ2) is 5.75. The van der Waals surface area contributed by atoms with Gasteiger partial charge in [0.25, 0.3) is 0 Å². The molecule has 0 spiro atoms. The molecule has 0 aliphatic rings. The van der Waals surface area contributed by atoms with Crippen LogP contribution in [-0.4, -0.2) is 14.9 Å². The van der Waals surface area contributed by atoms with Gasteiger partial charge in [-0.1, -0.05) is 0 Å². The van der Waals surface area contributed by atoms with Gasteiger partial charge >= 0.3 is 5.69 Å². The molecule has 0 unspecified atom stereocenters. The first-order valence-corrected chi connectivity index (χ1v) is 6.30. The van der Waals surface area contributed by atoms with Gasteiger partial charge in [-0.25, -0.2) is 0 Å². The van der Waals surface area contributed by atoms with Gasteiger partial charge in [-0.05, 0) is 40.0 Å². The lowest BCUT2D eigenvalue weighted by Crippen LogP contribution is -2.05. The summed E-state index contributed by atoms with van der Waals surface area (Å²) in [6, 6.07) is 1.88. The fraction of sp³-hybridized carbons (Fsp3) is 0.167. The van der Waals surface area contributed by atoms with Gasteiger partial charge in [-0.3, -0.25) is 20.1 Å². The highest BCUT2D eigenvalue weighted by Crippen LogP contribution is 2.31. The van der Waals surface area contributed by atoms with Crippen LogP contribution in [0.15, 0.2) is 35.3 Å². The number of rotatable bonds is 4. The molecular formula is C12H11BrN4O2. The van der Waals surface area contributed by atoms with Gasteiger partial charge in [0.2, 0.25) is 0 Å². The van der Waals surface area contributed by atoms with Crippen molar-refractivity contribution in [2.45, 2.75) is 13.5 Å². The topological polar surface area (TPSA) is 81.0 Å². The van der Waals surface area contributed by atoms with E-state index in [1.54, 1.807) is 12.4 Å². The predicted octanol–water partition coefficient (Wildman–Crippen LogP) is 3.07. The molecule has 2 aromatic heterocycles. The monoisotopic (exact) mass is 322 g/mol. The smallest absolute Gasteiger partial charge is 0.311 e. The first-order chi connectivity index (χ1) is 9.09. The Morgan fingerprint density at radius 1 is 1.37 bits per heavy atom. The minimum atomic E-state index is -0.459. The van der Waals surface area contributed by atoms with E-state index in [1.165, 1.54) is 12.4 Å². The molecule has 0 bridgehead atoms. The summed E-state index contributed by atoms with van der Waals surface area (Å²) in [5.41, 5.74) is 2.44. The van der Waals surface area contributed by atoms with E-state index >= 15 is 0 Å². The maximum Gasteiger partial charge on any atom is 0.311 e. The summed E-state index contributed by atoms with van der Waals surface area (Å²) >= 11 is 3.27. The van der Waals surface area contributed by atoms with Crippen molar-refractivity contribution in [3.8, 4) is 0 Å². The summed E-state index contributed by atoms with van der Waals surface area (Å²) in [5.74, 6) is 0. The van der Waals surface area contributed by atoms with Crippen LogP contribution in [0.25, 0.3) is 0 Å². The lowest BCUT2D eigenvalue weighted by atomic mass is 10.1. The molecule has 0 fully saturated rings. The van der Waals surface area contributed by atoms with Crippen molar-refractivity contribution in [2.24, 2.45) is 0 Å². The first-order valence-electron chi connectivity index (χ1n) is 5.51. The Balaban J connectivity index is 2.25. The van der Waals surface area contributed by atoms with Gasteiger partial charge in [0.05, 0.1) is 9.40 Å². The fourth-order valence-electron chi connectivity index (χ4n) is 1.62. The fourth-order valence-corrected chi connectivity index (χ4v) is 2.08.